The van der Waals surface area contributed by atoms with Crippen LogP contribution in [0, 0.1) is 12.3 Å². The SMILES string of the molecule is C/C=C\C(=C/C)CNc1cc(C)cc(N2CCCC(C)(C)CC2)c1N. The maximum Gasteiger partial charge on any atom is 0.0787 e. The normalized spacial score (nSPS) is 18.4. The molecule has 0 aromatic heterocycles. The fraction of sp³-hybridized carbons (Fsp3) is 0.545. The number of hydrogen-bond donors (Lipinski definition) is 2. The Morgan fingerprint density at radius 3 is 2.68 bits per heavy atom. The van der Waals surface area contributed by atoms with Crippen LogP contribution < -0.4 is 16.0 Å². The van der Waals surface area contributed by atoms with Gasteiger partial charge in [-0.1, -0.05) is 32.1 Å². The molecule has 3 heteroatoms. The van der Waals surface area contributed by atoms with Gasteiger partial charge in [-0.05, 0) is 68.7 Å². The summed E-state index contributed by atoms with van der Waals surface area (Å²) < 4.78 is 0. The highest BCUT2D eigenvalue weighted by atomic mass is 15.1. The first-order chi connectivity index (χ1) is 11.9. The zero-order chi connectivity index (χ0) is 18.4. The Kier molecular flexibility index (Phi) is 6.57. The molecule has 3 nitrogen and oxygen atoms in total. The van der Waals surface area contributed by atoms with Crippen LogP contribution in [0.5, 0.6) is 0 Å². The number of nitrogens with one attached hydrogen (secondary N) is 1. The molecule has 3 N–H and O–H groups in total. The summed E-state index contributed by atoms with van der Waals surface area (Å²) in [6, 6.07) is 4.39. The number of rotatable bonds is 5. The van der Waals surface area contributed by atoms with Gasteiger partial charge in [-0.2, -0.15) is 0 Å². The molecule has 1 aromatic carbocycles. The second kappa shape index (κ2) is 8.46. The van der Waals surface area contributed by atoms with Crippen LogP contribution in [0.25, 0.3) is 0 Å². The van der Waals surface area contributed by atoms with E-state index in [0.29, 0.717) is 5.41 Å². The van der Waals surface area contributed by atoms with Crippen LogP contribution in [0.4, 0.5) is 17.1 Å². The Morgan fingerprint density at radius 2 is 2.00 bits per heavy atom. The van der Waals surface area contributed by atoms with Gasteiger partial charge in [0.15, 0.2) is 0 Å². The summed E-state index contributed by atoms with van der Waals surface area (Å²) in [5.74, 6) is 0. The largest absolute Gasteiger partial charge is 0.395 e. The quantitative estimate of drug-likeness (QED) is 0.546. The summed E-state index contributed by atoms with van der Waals surface area (Å²) in [5, 5.41) is 3.53. The fourth-order valence-corrected chi connectivity index (χ4v) is 3.52. The molecular weight excluding hydrogens is 306 g/mol. The third kappa shape index (κ3) is 5.29. The van der Waals surface area contributed by atoms with Crippen molar-refractivity contribution in [2.75, 3.05) is 35.6 Å². The Morgan fingerprint density at radius 1 is 1.24 bits per heavy atom. The maximum atomic E-state index is 6.56. The average Bonchev–Trinajstić information content (AvgIpc) is 2.74. The molecule has 1 fully saturated rings. The van der Waals surface area contributed by atoms with E-state index in [1.54, 1.807) is 0 Å². The third-order valence-corrected chi connectivity index (χ3v) is 5.22. The molecular formula is C22H35N3. The van der Waals surface area contributed by atoms with Gasteiger partial charge in [-0.15, -0.1) is 0 Å². The highest BCUT2D eigenvalue weighted by Crippen LogP contribution is 2.37. The highest BCUT2D eigenvalue weighted by molar-refractivity contribution is 5.82. The van der Waals surface area contributed by atoms with Crippen LogP contribution in [-0.2, 0) is 0 Å². The molecule has 138 valence electrons. The second-order valence-electron chi connectivity index (χ2n) is 7.97. The lowest BCUT2D eigenvalue weighted by molar-refractivity contribution is 0.325. The van der Waals surface area contributed by atoms with Gasteiger partial charge in [0.1, 0.15) is 0 Å². The number of benzene rings is 1. The minimum absolute atomic E-state index is 0.432. The van der Waals surface area contributed by atoms with Crippen LogP contribution >= 0.6 is 0 Å². The minimum atomic E-state index is 0.432. The van der Waals surface area contributed by atoms with E-state index in [4.69, 9.17) is 5.73 Å². The molecule has 0 saturated carbocycles. The molecule has 0 unspecified atom stereocenters. The van der Waals surface area contributed by atoms with Crippen LogP contribution in [-0.4, -0.2) is 19.6 Å². The van der Waals surface area contributed by atoms with Gasteiger partial charge in [-0.25, -0.2) is 0 Å². The summed E-state index contributed by atoms with van der Waals surface area (Å²) >= 11 is 0. The lowest BCUT2D eigenvalue weighted by atomic mass is 9.85. The molecule has 0 radical (unpaired) electrons. The van der Waals surface area contributed by atoms with E-state index in [9.17, 15) is 0 Å². The van der Waals surface area contributed by atoms with E-state index in [0.717, 1.165) is 31.0 Å². The maximum absolute atomic E-state index is 6.56. The average molecular weight is 342 g/mol. The van der Waals surface area contributed by atoms with Crippen molar-refractivity contribution in [2.45, 2.75) is 53.9 Å². The first-order valence-electron chi connectivity index (χ1n) is 9.53. The van der Waals surface area contributed by atoms with E-state index < -0.39 is 0 Å². The van der Waals surface area contributed by atoms with Crippen molar-refractivity contribution in [3.05, 3.63) is 41.5 Å². The van der Waals surface area contributed by atoms with E-state index >= 15 is 0 Å². The number of hydrogen-bond acceptors (Lipinski definition) is 3. The monoisotopic (exact) mass is 341 g/mol. The van der Waals surface area contributed by atoms with Gasteiger partial charge in [0, 0.05) is 19.6 Å². The molecule has 0 amide bonds. The molecule has 0 spiro atoms. The van der Waals surface area contributed by atoms with Gasteiger partial charge < -0.3 is 16.0 Å². The van der Waals surface area contributed by atoms with Crippen LogP contribution in [0.2, 0.25) is 0 Å². The number of nitrogen functional groups attached to an aromatic ring is 1. The predicted octanol–water partition coefficient (Wildman–Crippen LogP) is 5.53. The number of aryl methyl sites for hydroxylation is 1. The van der Waals surface area contributed by atoms with E-state index in [-0.39, 0.29) is 0 Å². The summed E-state index contributed by atoms with van der Waals surface area (Å²) in [6.45, 7) is 14.0. The Bertz CT molecular complexity index is 641. The van der Waals surface area contributed by atoms with Gasteiger partial charge in [-0.3, -0.25) is 0 Å². The molecule has 2 rings (SSSR count). The molecule has 0 atom stereocenters. The van der Waals surface area contributed by atoms with Crippen molar-refractivity contribution >= 4 is 17.1 Å². The van der Waals surface area contributed by atoms with Gasteiger partial charge in [0.2, 0.25) is 0 Å². The lowest BCUT2D eigenvalue weighted by Crippen LogP contribution is -2.26. The summed E-state index contributed by atoms with van der Waals surface area (Å²) in [4.78, 5) is 2.48. The zero-order valence-corrected chi connectivity index (χ0v) is 16.7. The number of anilines is 3. The standard InChI is InChI=1S/C22H35N3/c1-6-9-18(7-2)16-24-19-14-17(3)15-20(21(19)23)25-12-8-10-22(4,5)11-13-25/h6-7,9,14-15,24H,8,10-13,16,23H2,1-5H3/b9-6-,18-7+. The van der Waals surface area contributed by atoms with Crippen LogP contribution in [0.15, 0.2) is 35.9 Å². The molecule has 1 saturated heterocycles. The van der Waals surface area contributed by atoms with Crippen molar-refractivity contribution in [3.63, 3.8) is 0 Å². The van der Waals surface area contributed by atoms with E-state index in [1.165, 1.54) is 36.1 Å². The highest BCUT2D eigenvalue weighted by Gasteiger charge is 2.24. The van der Waals surface area contributed by atoms with Crippen molar-refractivity contribution < 1.29 is 0 Å². The lowest BCUT2D eigenvalue weighted by Gasteiger charge is -2.27. The molecule has 1 aromatic rings. The van der Waals surface area contributed by atoms with Crippen molar-refractivity contribution in [2.24, 2.45) is 5.41 Å². The molecule has 25 heavy (non-hydrogen) atoms. The molecule has 1 aliphatic rings. The van der Waals surface area contributed by atoms with Gasteiger partial charge in [0.05, 0.1) is 17.1 Å². The van der Waals surface area contributed by atoms with Crippen LogP contribution in [0.3, 0.4) is 0 Å². The molecule has 0 bridgehead atoms. The Hall–Kier alpha value is -1.90. The second-order valence-corrected chi connectivity index (χ2v) is 7.97. The topological polar surface area (TPSA) is 41.3 Å². The molecule has 0 aliphatic carbocycles. The first-order valence-corrected chi connectivity index (χ1v) is 9.53. The van der Waals surface area contributed by atoms with E-state index in [1.807, 2.05) is 6.92 Å². The van der Waals surface area contributed by atoms with Gasteiger partial charge >= 0.3 is 0 Å². The number of nitrogens with zero attached hydrogens (tertiary/aromatic N) is 1. The van der Waals surface area contributed by atoms with Crippen molar-refractivity contribution in [1.29, 1.82) is 0 Å². The summed E-state index contributed by atoms with van der Waals surface area (Å²) in [7, 11) is 0. The van der Waals surface area contributed by atoms with E-state index in [2.05, 4.69) is 68.3 Å². The van der Waals surface area contributed by atoms with Crippen LogP contribution in [0.1, 0.15) is 52.5 Å². The predicted molar refractivity (Wildman–Crippen MR) is 112 cm³/mol. The fourth-order valence-electron chi connectivity index (χ4n) is 3.52. The van der Waals surface area contributed by atoms with Gasteiger partial charge in [0.25, 0.3) is 0 Å². The Balaban J connectivity index is 2.21. The summed E-state index contributed by atoms with van der Waals surface area (Å²) in [5.41, 5.74) is 12.6. The number of nitrogens with two attached hydrogens (primary N) is 1. The summed E-state index contributed by atoms with van der Waals surface area (Å²) in [6.07, 6.45) is 10.1. The smallest absolute Gasteiger partial charge is 0.0787 e. The minimum Gasteiger partial charge on any atom is -0.395 e. The number of allylic oxidation sites excluding steroid dienone is 2. The molecule has 1 aliphatic heterocycles. The Labute approximate surface area is 154 Å². The molecule has 1 heterocycles. The third-order valence-electron chi connectivity index (χ3n) is 5.22. The zero-order valence-electron chi connectivity index (χ0n) is 16.7. The first kappa shape index (κ1) is 19.4. The van der Waals surface area contributed by atoms with Crippen molar-refractivity contribution in [1.82, 2.24) is 0 Å². The van der Waals surface area contributed by atoms with Crippen molar-refractivity contribution in [3.8, 4) is 0 Å².